The average Bonchev–Trinajstić information content (AvgIpc) is 2.52. The highest BCUT2D eigenvalue weighted by molar-refractivity contribution is 6.15. The molecule has 2 aromatic rings. The maximum Gasteiger partial charge on any atom is 0.350 e. The van der Waals surface area contributed by atoms with Crippen molar-refractivity contribution < 1.29 is 23.8 Å². The molecule has 0 bridgehead atoms. The zero-order valence-corrected chi connectivity index (χ0v) is 13.6. The molecule has 2 aromatic carbocycles. The molecule has 1 N–H and O–H groups in total. The Hall–Kier alpha value is -3.02. The maximum atomic E-state index is 11.9. The van der Waals surface area contributed by atoms with Gasteiger partial charge in [0.05, 0.1) is 7.11 Å². The molecule has 6 nitrogen and oxygen atoms in total. The van der Waals surface area contributed by atoms with Crippen molar-refractivity contribution in [1.82, 2.24) is 0 Å². The molecule has 3 rings (SSSR count). The largest absolute Gasteiger partial charge is 0.496 e. The van der Waals surface area contributed by atoms with Crippen LogP contribution in [0.5, 0.6) is 5.75 Å². The van der Waals surface area contributed by atoms with E-state index < -0.39 is 17.7 Å². The molecule has 0 unspecified atom stereocenters. The first-order chi connectivity index (χ1) is 11.4. The molecular formula is C18H17NO5. The summed E-state index contributed by atoms with van der Waals surface area (Å²) in [6, 6.07) is 11.4. The third kappa shape index (κ3) is 3.03. The van der Waals surface area contributed by atoms with Gasteiger partial charge in [-0.2, -0.15) is 0 Å². The van der Waals surface area contributed by atoms with Gasteiger partial charge in [0.25, 0.3) is 5.79 Å². The normalized spacial score (nSPS) is 16.4. The van der Waals surface area contributed by atoms with E-state index in [0.717, 1.165) is 10.8 Å². The van der Waals surface area contributed by atoms with Crippen LogP contribution in [0.25, 0.3) is 10.8 Å². The minimum atomic E-state index is -1.25. The van der Waals surface area contributed by atoms with Crippen LogP contribution in [0.2, 0.25) is 0 Å². The number of carbonyl (C=O) groups is 2. The quantitative estimate of drug-likeness (QED) is 0.531. The Morgan fingerprint density at radius 2 is 1.75 bits per heavy atom. The van der Waals surface area contributed by atoms with Crippen LogP contribution >= 0.6 is 0 Å². The Labute approximate surface area is 139 Å². The molecule has 0 spiro atoms. The second-order valence-corrected chi connectivity index (χ2v) is 5.78. The van der Waals surface area contributed by atoms with Crippen LogP contribution in [0.15, 0.2) is 48.2 Å². The van der Waals surface area contributed by atoms with E-state index in [1.807, 2.05) is 30.3 Å². The van der Waals surface area contributed by atoms with Gasteiger partial charge in [0.2, 0.25) is 0 Å². The lowest BCUT2D eigenvalue weighted by atomic mass is 10.1. The van der Waals surface area contributed by atoms with Crippen molar-refractivity contribution in [2.75, 3.05) is 12.4 Å². The van der Waals surface area contributed by atoms with Crippen molar-refractivity contribution in [2.45, 2.75) is 19.6 Å². The smallest absolute Gasteiger partial charge is 0.350 e. The molecule has 0 amide bonds. The first kappa shape index (κ1) is 15.9. The molecule has 1 saturated heterocycles. The molecular weight excluding hydrogens is 310 g/mol. The van der Waals surface area contributed by atoms with E-state index in [9.17, 15) is 9.59 Å². The number of methoxy groups -OCH3 is 1. The Morgan fingerprint density at radius 1 is 1.08 bits per heavy atom. The van der Waals surface area contributed by atoms with Crippen LogP contribution in [-0.4, -0.2) is 24.8 Å². The first-order valence-corrected chi connectivity index (χ1v) is 7.40. The van der Waals surface area contributed by atoms with Gasteiger partial charge in [-0.15, -0.1) is 0 Å². The molecule has 0 atom stereocenters. The van der Waals surface area contributed by atoms with Gasteiger partial charge in [-0.25, -0.2) is 9.59 Å². The summed E-state index contributed by atoms with van der Waals surface area (Å²) < 4.78 is 15.5. The number of ether oxygens (including phenoxy) is 3. The molecule has 6 heteroatoms. The van der Waals surface area contributed by atoms with Gasteiger partial charge in [0.15, 0.2) is 5.57 Å². The summed E-state index contributed by atoms with van der Waals surface area (Å²) in [4.78, 5) is 23.8. The van der Waals surface area contributed by atoms with Crippen LogP contribution < -0.4 is 10.1 Å². The zero-order valence-electron chi connectivity index (χ0n) is 13.6. The van der Waals surface area contributed by atoms with Gasteiger partial charge in [-0.05, 0) is 11.5 Å². The fourth-order valence-electron chi connectivity index (χ4n) is 2.46. The van der Waals surface area contributed by atoms with E-state index in [-0.39, 0.29) is 5.57 Å². The molecule has 0 saturated carbocycles. The Morgan fingerprint density at radius 3 is 2.42 bits per heavy atom. The predicted molar refractivity (Wildman–Crippen MR) is 88.5 cm³/mol. The van der Waals surface area contributed by atoms with E-state index in [2.05, 4.69) is 5.32 Å². The molecule has 0 aromatic heterocycles. The number of fused-ring (bicyclic) bond motifs is 1. The van der Waals surface area contributed by atoms with Crippen molar-refractivity contribution in [2.24, 2.45) is 0 Å². The number of nitrogens with one attached hydrogen (secondary N) is 1. The number of rotatable bonds is 3. The number of benzene rings is 2. The number of cyclic esters (lactones) is 2. The van der Waals surface area contributed by atoms with Gasteiger partial charge in [-0.3, -0.25) is 0 Å². The number of hydrogen-bond donors (Lipinski definition) is 1. The fraction of sp³-hybridized carbons (Fsp3) is 0.222. The monoisotopic (exact) mass is 327 g/mol. The third-order valence-corrected chi connectivity index (χ3v) is 3.54. The molecule has 1 heterocycles. The second kappa shape index (κ2) is 5.88. The van der Waals surface area contributed by atoms with Gasteiger partial charge in [0, 0.05) is 37.2 Å². The van der Waals surface area contributed by atoms with Gasteiger partial charge in [0.1, 0.15) is 5.75 Å². The molecule has 0 radical (unpaired) electrons. The van der Waals surface area contributed by atoms with Gasteiger partial charge in [-0.1, -0.05) is 24.3 Å². The minimum Gasteiger partial charge on any atom is -0.496 e. The standard InChI is InChI=1S/C18H17NO5/c1-18(2)23-16(20)14(17(21)24-18)10-19-12-8-11-6-4-5-7-13(11)15(9-12)22-3/h4-10,19H,1-3H3. The van der Waals surface area contributed by atoms with Gasteiger partial charge >= 0.3 is 11.9 Å². The van der Waals surface area contributed by atoms with E-state index in [1.54, 1.807) is 13.2 Å². The van der Waals surface area contributed by atoms with Crippen LogP contribution in [0.4, 0.5) is 5.69 Å². The highest BCUT2D eigenvalue weighted by Crippen LogP contribution is 2.30. The number of anilines is 1. The Bertz CT molecular complexity index is 832. The topological polar surface area (TPSA) is 73.9 Å². The highest BCUT2D eigenvalue weighted by Gasteiger charge is 2.38. The highest BCUT2D eigenvalue weighted by atomic mass is 16.7. The Kier molecular flexibility index (Phi) is 3.89. The summed E-state index contributed by atoms with van der Waals surface area (Å²) in [5.74, 6) is -2.02. The lowest BCUT2D eigenvalue weighted by Gasteiger charge is -2.29. The number of hydrogen-bond acceptors (Lipinski definition) is 6. The van der Waals surface area contributed by atoms with Crippen LogP contribution in [0.1, 0.15) is 13.8 Å². The first-order valence-electron chi connectivity index (χ1n) is 7.40. The number of carbonyl (C=O) groups excluding carboxylic acids is 2. The van der Waals surface area contributed by atoms with Crippen molar-refractivity contribution >= 4 is 28.4 Å². The van der Waals surface area contributed by atoms with Crippen molar-refractivity contribution in [3.63, 3.8) is 0 Å². The van der Waals surface area contributed by atoms with E-state index >= 15 is 0 Å². The Balaban J connectivity index is 1.90. The average molecular weight is 327 g/mol. The summed E-state index contributed by atoms with van der Waals surface area (Å²) >= 11 is 0. The van der Waals surface area contributed by atoms with E-state index in [1.165, 1.54) is 20.0 Å². The molecule has 1 aliphatic heterocycles. The predicted octanol–water partition coefficient (Wildman–Crippen LogP) is 2.98. The van der Waals surface area contributed by atoms with Crippen LogP contribution in [-0.2, 0) is 19.1 Å². The molecule has 0 aliphatic carbocycles. The summed E-state index contributed by atoms with van der Waals surface area (Å²) in [7, 11) is 1.59. The van der Waals surface area contributed by atoms with Crippen LogP contribution in [0, 0.1) is 0 Å². The molecule has 24 heavy (non-hydrogen) atoms. The van der Waals surface area contributed by atoms with E-state index in [4.69, 9.17) is 14.2 Å². The van der Waals surface area contributed by atoms with Crippen molar-refractivity contribution in [1.29, 1.82) is 0 Å². The fourth-order valence-corrected chi connectivity index (χ4v) is 2.46. The summed E-state index contributed by atoms with van der Waals surface area (Å²) in [5, 5.41) is 4.86. The summed E-state index contributed by atoms with van der Waals surface area (Å²) in [5.41, 5.74) is 0.477. The third-order valence-electron chi connectivity index (χ3n) is 3.54. The van der Waals surface area contributed by atoms with Crippen molar-refractivity contribution in [3.05, 3.63) is 48.2 Å². The SMILES string of the molecule is COc1cc(NC=C2C(=O)OC(C)(C)OC2=O)cc2ccccc12. The van der Waals surface area contributed by atoms with Gasteiger partial charge < -0.3 is 19.5 Å². The summed E-state index contributed by atoms with van der Waals surface area (Å²) in [6.07, 6.45) is 1.28. The molecule has 124 valence electrons. The number of esters is 2. The van der Waals surface area contributed by atoms with E-state index in [0.29, 0.717) is 11.4 Å². The zero-order chi connectivity index (χ0) is 17.3. The van der Waals surface area contributed by atoms with Crippen molar-refractivity contribution in [3.8, 4) is 5.75 Å². The lowest BCUT2D eigenvalue weighted by Crippen LogP contribution is -2.42. The second-order valence-electron chi connectivity index (χ2n) is 5.78. The molecule has 1 fully saturated rings. The lowest BCUT2D eigenvalue weighted by molar-refractivity contribution is -0.222. The minimum absolute atomic E-state index is 0.193. The summed E-state index contributed by atoms with van der Waals surface area (Å²) in [6.45, 7) is 3.00. The van der Waals surface area contributed by atoms with Crippen LogP contribution in [0.3, 0.4) is 0 Å². The molecule has 1 aliphatic rings. The maximum absolute atomic E-state index is 11.9.